The Labute approximate surface area is 150 Å². The molecule has 0 saturated carbocycles. The van der Waals surface area contributed by atoms with Crippen molar-refractivity contribution in [3.63, 3.8) is 0 Å². The summed E-state index contributed by atoms with van der Waals surface area (Å²) in [5.41, 5.74) is 1.33. The first-order valence-corrected chi connectivity index (χ1v) is 9.23. The molecule has 0 heterocycles. The van der Waals surface area contributed by atoms with Crippen molar-refractivity contribution in [1.82, 2.24) is 0 Å². The number of ether oxygens (including phenoxy) is 2. The van der Waals surface area contributed by atoms with Crippen LogP contribution in [0.4, 0.5) is 0 Å². The van der Waals surface area contributed by atoms with E-state index in [9.17, 15) is 9.59 Å². The maximum absolute atomic E-state index is 13.1. The van der Waals surface area contributed by atoms with Gasteiger partial charge in [-0.05, 0) is 43.4 Å². The van der Waals surface area contributed by atoms with E-state index in [1.165, 1.54) is 0 Å². The molecule has 1 atom stereocenters. The van der Waals surface area contributed by atoms with E-state index in [1.54, 1.807) is 13.8 Å². The molecule has 1 aromatic rings. The molecule has 0 radical (unpaired) electrons. The number of carbonyl (C=O) groups excluding carboxylic acids is 2. The van der Waals surface area contributed by atoms with E-state index in [1.807, 2.05) is 24.3 Å². The van der Waals surface area contributed by atoms with Crippen LogP contribution in [0.2, 0.25) is 0 Å². The molecule has 4 heteroatoms. The molecule has 0 saturated heterocycles. The number of carbonyl (C=O) groups is 2. The smallest absolute Gasteiger partial charge is 0.328 e. The highest BCUT2D eigenvalue weighted by atomic mass is 16.6. The maximum Gasteiger partial charge on any atom is 0.328 e. The molecular weight excluding hydrogens is 316 g/mol. The van der Waals surface area contributed by atoms with Gasteiger partial charge >= 0.3 is 11.9 Å². The van der Waals surface area contributed by atoms with Crippen LogP contribution in [0, 0.1) is 5.92 Å². The lowest BCUT2D eigenvalue weighted by Gasteiger charge is -2.32. The molecule has 4 nitrogen and oxygen atoms in total. The Morgan fingerprint density at radius 3 is 2.16 bits per heavy atom. The third-order valence-electron chi connectivity index (χ3n) is 4.76. The highest BCUT2D eigenvalue weighted by Gasteiger charge is 2.61. The molecule has 0 bridgehead atoms. The van der Waals surface area contributed by atoms with E-state index in [-0.39, 0.29) is 19.1 Å². The van der Waals surface area contributed by atoms with Gasteiger partial charge in [0, 0.05) is 5.92 Å². The average molecular weight is 344 g/mol. The second-order valence-electron chi connectivity index (χ2n) is 6.20. The molecule has 0 aromatic heterocycles. The van der Waals surface area contributed by atoms with E-state index >= 15 is 0 Å². The van der Waals surface area contributed by atoms with Crippen molar-refractivity contribution in [1.29, 1.82) is 0 Å². The Balaban J connectivity index is 2.78. The van der Waals surface area contributed by atoms with Crippen molar-refractivity contribution in [2.24, 2.45) is 5.92 Å². The van der Waals surface area contributed by atoms with Crippen LogP contribution in [0.15, 0.2) is 30.3 Å². The van der Waals surface area contributed by atoms with Crippen molar-refractivity contribution in [3.05, 3.63) is 41.5 Å². The minimum atomic E-state index is -1.40. The van der Waals surface area contributed by atoms with Gasteiger partial charge < -0.3 is 9.47 Å². The average Bonchev–Trinajstić information content (AvgIpc) is 2.87. The zero-order valence-electron chi connectivity index (χ0n) is 15.6. The zero-order chi connectivity index (χ0) is 18.4. The molecule has 1 unspecified atom stereocenters. The fourth-order valence-electron chi connectivity index (χ4n) is 3.90. The summed E-state index contributed by atoms with van der Waals surface area (Å²) in [4.78, 5) is 26.3. The van der Waals surface area contributed by atoms with Crippen LogP contribution in [-0.2, 0) is 24.5 Å². The van der Waals surface area contributed by atoms with Crippen LogP contribution in [0.25, 0.3) is 5.57 Å². The normalized spacial score (nSPS) is 19.5. The van der Waals surface area contributed by atoms with Crippen molar-refractivity contribution >= 4 is 17.5 Å². The lowest BCUT2D eigenvalue weighted by atomic mass is 9.71. The van der Waals surface area contributed by atoms with E-state index < -0.39 is 17.4 Å². The largest absolute Gasteiger partial charge is 0.465 e. The highest BCUT2D eigenvalue weighted by Crippen LogP contribution is 2.53. The summed E-state index contributed by atoms with van der Waals surface area (Å²) >= 11 is 0. The van der Waals surface area contributed by atoms with Gasteiger partial charge in [0.05, 0.1) is 13.2 Å². The maximum atomic E-state index is 13.1. The Bertz CT molecular complexity index is 642. The first-order valence-electron chi connectivity index (χ1n) is 9.23. The number of allylic oxidation sites excluding steroid dienone is 2. The summed E-state index contributed by atoms with van der Waals surface area (Å²) in [6, 6.07) is 7.66. The van der Waals surface area contributed by atoms with Crippen LogP contribution < -0.4 is 0 Å². The third kappa shape index (κ3) is 3.10. The number of esters is 2. The van der Waals surface area contributed by atoms with E-state index in [0.29, 0.717) is 5.56 Å². The monoisotopic (exact) mass is 344 g/mol. The number of hydrogen-bond acceptors (Lipinski definition) is 4. The predicted octanol–water partition coefficient (Wildman–Crippen LogP) is 4.27. The summed E-state index contributed by atoms with van der Waals surface area (Å²) in [7, 11) is 0. The van der Waals surface area contributed by atoms with Crippen molar-refractivity contribution in [3.8, 4) is 0 Å². The van der Waals surface area contributed by atoms with Gasteiger partial charge in [-0.3, -0.25) is 9.59 Å². The van der Waals surface area contributed by atoms with Crippen LogP contribution in [0.3, 0.4) is 0 Å². The summed E-state index contributed by atoms with van der Waals surface area (Å²) in [6.45, 7) is 8.10. The first-order chi connectivity index (χ1) is 12.1. The molecule has 136 valence electrons. The van der Waals surface area contributed by atoms with Gasteiger partial charge in [0.1, 0.15) is 0 Å². The number of benzene rings is 1. The van der Waals surface area contributed by atoms with Crippen molar-refractivity contribution in [2.75, 3.05) is 13.2 Å². The van der Waals surface area contributed by atoms with Gasteiger partial charge in [-0.1, -0.05) is 50.6 Å². The molecule has 0 spiro atoms. The quantitative estimate of drug-likeness (QED) is 0.547. The molecule has 0 fully saturated rings. The predicted molar refractivity (Wildman–Crippen MR) is 98.1 cm³/mol. The Morgan fingerprint density at radius 1 is 1.04 bits per heavy atom. The molecule has 0 N–H and O–H groups in total. The summed E-state index contributed by atoms with van der Waals surface area (Å²) in [5, 5.41) is 0. The molecule has 1 aliphatic rings. The Kier molecular flexibility index (Phi) is 6.40. The van der Waals surface area contributed by atoms with Crippen molar-refractivity contribution in [2.45, 2.75) is 52.4 Å². The Hall–Kier alpha value is -2.10. The minimum Gasteiger partial charge on any atom is -0.465 e. The van der Waals surface area contributed by atoms with Crippen LogP contribution in [0.5, 0.6) is 0 Å². The van der Waals surface area contributed by atoms with Gasteiger partial charge in [0.2, 0.25) is 0 Å². The van der Waals surface area contributed by atoms with E-state index in [0.717, 1.165) is 30.4 Å². The summed E-state index contributed by atoms with van der Waals surface area (Å²) in [6.07, 6.45) is 4.55. The van der Waals surface area contributed by atoms with Crippen molar-refractivity contribution < 1.29 is 19.1 Å². The molecule has 1 aromatic carbocycles. The summed E-state index contributed by atoms with van der Waals surface area (Å²) < 4.78 is 10.8. The zero-order valence-corrected chi connectivity index (χ0v) is 15.6. The summed E-state index contributed by atoms with van der Waals surface area (Å²) in [5.74, 6) is -1.26. The fourth-order valence-corrected chi connectivity index (χ4v) is 3.90. The number of hydrogen-bond donors (Lipinski definition) is 0. The van der Waals surface area contributed by atoms with Gasteiger partial charge in [0.15, 0.2) is 5.41 Å². The lowest BCUT2D eigenvalue weighted by molar-refractivity contribution is -0.166. The van der Waals surface area contributed by atoms with Gasteiger partial charge in [-0.15, -0.1) is 0 Å². The van der Waals surface area contributed by atoms with Crippen LogP contribution in [0.1, 0.15) is 58.1 Å². The molecule has 0 amide bonds. The number of rotatable bonds is 7. The lowest BCUT2D eigenvalue weighted by Crippen LogP contribution is -2.49. The van der Waals surface area contributed by atoms with Crippen LogP contribution in [-0.4, -0.2) is 25.2 Å². The second-order valence-corrected chi connectivity index (χ2v) is 6.20. The van der Waals surface area contributed by atoms with Gasteiger partial charge in [-0.25, -0.2) is 0 Å². The molecular formula is C21H28O4. The fraction of sp³-hybridized carbons (Fsp3) is 0.524. The third-order valence-corrected chi connectivity index (χ3v) is 4.76. The molecule has 1 aliphatic carbocycles. The second kappa shape index (κ2) is 8.32. The van der Waals surface area contributed by atoms with E-state index in [2.05, 4.69) is 19.9 Å². The number of fused-ring (bicyclic) bond motifs is 1. The van der Waals surface area contributed by atoms with Gasteiger partial charge in [-0.2, -0.15) is 0 Å². The SMILES string of the molecule is CC/C=C1\c2ccccc2C(C(=O)OCC)(C(=O)OCC)C1CCC. The van der Waals surface area contributed by atoms with E-state index in [4.69, 9.17) is 9.47 Å². The highest BCUT2D eigenvalue weighted by molar-refractivity contribution is 6.12. The van der Waals surface area contributed by atoms with Gasteiger partial charge in [0.25, 0.3) is 0 Å². The Morgan fingerprint density at radius 2 is 1.64 bits per heavy atom. The standard InChI is InChI=1S/C21H28O4/c1-5-11-15-16-13-9-10-14-18(16)21(17(15)12-6-2,19(22)24-7-3)20(23)25-8-4/h9-11,13-14,17H,5-8,12H2,1-4H3/b15-11+. The molecule has 2 rings (SSSR count). The molecule has 25 heavy (non-hydrogen) atoms. The molecule has 0 aliphatic heterocycles. The topological polar surface area (TPSA) is 52.6 Å². The minimum absolute atomic E-state index is 0.230. The first kappa shape index (κ1) is 19.2. The van der Waals surface area contributed by atoms with Crippen LogP contribution >= 0.6 is 0 Å².